The van der Waals surface area contributed by atoms with Gasteiger partial charge in [0, 0.05) is 17.8 Å². The lowest BCUT2D eigenvalue weighted by atomic mass is 9.67. The second-order valence-corrected chi connectivity index (χ2v) is 4.43. The van der Waals surface area contributed by atoms with Gasteiger partial charge in [0.05, 0.1) is 6.10 Å². The van der Waals surface area contributed by atoms with Crippen molar-refractivity contribution in [1.29, 1.82) is 0 Å². The number of carbonyl (C=O) groups excluding carboxylic acids is 1. The Labute approximate surface area is 97.4 Å². The largest absolute Gasteiger partial charge is 0.388 e. The van der Waals surface area contributed by atoms with Gasteiger partial charge in [0.15, 0.2) is 0 Å². The molecule has 1 saturated carbocycles. The number of Topliss-reactive ketones (excluding diaryl/α,β-unsaturated/α-hetero) is 1. The molecule has 1 aliphatic rings. The molecule has 0 heterocycles. The normalized spacial score (nSPS) is 26.6. The Morgan fingerprint density at radius 3 is 2.62 bits per heavy atom. The highest BCUT2D eigenvalue weighted by Crippen LogP contribution is 2.41. The van der Waals surface area contributed by atoms with Gasteiger partial charge < -0.3 is 5.11 Å². The van der Waals surface area contributed by atoms with E-state index in [1.54, 1.807) is 12.2 Å². The quantitative estimate of drug-likeness (QED) is 0.739. The van der Waals surface area contributed by atoms with E-state index < -0.39 is 6.10 Å². The lowest BCUT2D eigenvalue weighted by Gasteiger charge is -2.36. The molecule has 2 unspecified atom stereocenters. The lowest BCUT2D eigenvalue weighted by Crippen LogP contribution is -2.37. The van der Waals surface area contributed by atoms with Crippen molar-refractivity contribution in [3.05, 3.63) is 37.5 Å². The Balaban J connectivity index is 2.87. The highest BCUT2D eigenvalue weighted by atomic mass is 16.3. The third-order valence-corrected chi connectivity index (χ3v) is 3.47. The van der Waals surface area contributed by atoms with Crippen LogP contribution in [0.2, 0.25) is 0 Å². The fraction of sp³-hybridized carbons (Fsp3) is 0.500. The van der Waals surface area contributed by atoms with E-state index in [1.807, 2.05) is 19.1 Å². The maximum absolute atomic E-state index is 11.8. The van der Waals surface area contributed by atoms with Crippen LogP contribution in [-0.2, 0) is 4.79 Å². The molecular weight excluding hydrogens is 200 g/mol. The van der Waals surface area contributed by atoms with Crippen LogP contribution in [0.5, 0.6) is 0 Å². The second-order valence-electron chi connectivity index (χ2n) is 4.43. The molecule has 0 radical (unpaired) electrons. The third kappa shape index (κ3) is 2.50. The van der Waals surface area contributed by atoms with Gasteiger partial charge in [-0.15, -0.1) is 13.2 Å². The first-order chi connectivity index (χ1) is 7.58. The maximum Gasteiger partial charge on any atom is 0.138 e. The number of rotatable bonds is 4. The molecule has 0 aromatic carbocycles. The number of hydrogen-bond acceptors (Lipinski definition) is 2. The molecule has 0 spiro atoms. The van der Waals surface area contributed by atoms with E-state index in [0.717, 1.165) is 6.42 Å². The summed E-state index contributed by atoms with van der Waals surface area (Å²) in [5.41, 5.74) is -0.193. The standard InChI is InChI=1S/C14H20O2/c1-4-7-12(15)11-10-14(5-2,6-3)9-8-13(11)16/h4-7,11-12,15H,2-3,8-10H2,1H3/b7-4+. The summed E-state index contributed by atoms with van der Waals surface area (Å²) in [7, 11) is 0. The van der Waals surface area contributed by atoms with Crippen molar-refractivity contribution in [2.24, 2.45) is 11.3 Å². The molecule has 0 aliphatic heterocycles. The fourth-order valence-electron chi connectivity index (χ4n) is 2.26. The zero-order chi connectivity index (χ0) is 12.2. The highest BCUT2D eigenvalue weighted by molar-refractivity contribution is 5.83. The molecule has 1 fully saturated rings. The van der Waals surface area contributed by atoms with Crippen molar-refractivity contribution in [3.63, 3.8) is 0 Å². The lowest BCUT2D eigenvalue weighted by molar-refractivity contribution is -0.129. The number of aliphatic hydroxyl groups excluding tert-OH is 1. The Morgan fingerprint density at radius 2 is 2.12 bits per heavy atom. The Hall–Kier alpha value is -1.15. The third-order valence-electron chi connectivity index (χ3n) is 3.47. The molecule has 2 nitrogen and oxygen atoms in total. The highest BCUT2D eigenvalue weighted by Gasteiger charge is 2.38. The molecule has 0 aromatic rings. The molecule has 1 N–H and O–H groups in total. The van der Waals surface area contributed by atoms with Gasteiger partial charge in [0.25, 0.3) is 0 Å². The first kappa shape index (κ1) is 12.9. The number of allylic oxidation sites excluding steroid dienone is 3. The minimum Gasteiger partial charge on any atom is -0.388 e. The van der Waals surface area contributed by atoms with Crippen molar-refractivity contribution in [2.75, 3.05) is 0 Å². The Bertz CT molecular complexity index is 307. The minimum absolute atomic E-state index is 0.143. The van der Waals surface area contributed by atoms with Crippen molar-refractivity contribution >= 4 is 5.78 Å². The van der Waals surface area contributed by atoms with Crippen LogP contribution in [0.15, 0.2) is 37.5 Å². The van der Waals surface area contributed by atoms with E-state index in [-0.39, 0.29) is 17.1 Å². The topological polar surface area (TPSA) is 37.3 Å². The summed E-state index contributed by atoms with van der Waals surface area (Å²) < 4.78 is 0. The van der Waals surface area contributed by atoms with Crippen LogP contribution in [-0.4, -0.2) is 17.0 Å². The molecule has 2 atom stereocenters. The van der Waals surface area contributed by atoms with Gasteiger partial charge in [-0.05, 0) is 19.8 Å². The first-order valence-corrected chi connectivity index (χ1v) is 5.69. The van der Waals surface area contributed by atoms with Gasteiger partial charge >= 0.3 is 0 Å². The second kappa shape index (κ2) is 5.26. The summed E-state index contributed by atoms with van der Waals surface area (Å²) in [5, 5.41) is 9.89. The van der Waals surface area contributed by atoms with E-state index in [0.29, 0.717) is 12.8 Å². The van der Waals surface area contributed by atoms with E-state index in [1.165, 1.54) is 0 Å². The van der Waals surface area contributed by atoms with Crippen LogP contribution in [0.3, 0.4) is 0 Å². The average Bonchev–Trinajstić information content (AvgIpc) is 2.30. The Morgan fingerprint density at radius 1 is 1.50 bits per heavy atom. The molecule has 16 heavy (non-hydrogen) atoms. The van der Waals surface area contributed by atoms with Crippen LogP contribution >= 0.6 is 0 Å². The van der Waals surface area contributed by atoms with E-state index in [2.05, 4.69) is 13.2 Å². The maximum atomic E-state index is 11.8. The van der Waals surface area contributed by atoms with E-state index in [4.69, 9.17) is 0 Å². The van der Waals surface area contributed by atoms with Gasteiger partial charge in [-0.25, -0.2) is 0 Å². The Kier molecular flexibility index (Phi) is 4.25. The summed E-state index contributed by atoms with van der Waals surface area (Å²) in [4.78, 5) is 11.8. The predicted molar refractivity (Wildman–Crippen MR) is 66.0 cm³/mol. The van der Waals surface area contributed by atoms with Gasteiger partial charge in [-0.1, -0.05) is 24.3 Å². The van der Waals surface area contributed by atoms with Gasteiger partial charge in [-0.2, -0.15) is 0 Å². The van der Waals surface area contributed by atoms with Gasteiger partial charge in [0.1, 0.15) is 5.78 Å². The van der Waals surface area contributed by atoms with Crippen LogP contribution in [0.4, 0.5) is 0 Å². The SMILES string of the molecule is C=CC1(C=C)CCC(=O)C(C(O)/C=C/C)C1. The van der Waals surface area contributed by atoms with Crippen LogP contribution < -0.4 is 0 Å². The van der Waals surface area contributed by atoms with Crippen molar-refractivity contribution in [1.82, 2.24) is 0 Å². The van der Waals surface area contributed by atoms with Crippen molar-refractivity contribution in [3.8, 4) is 0 Å². The smallest absolute Gasteiger partial charge is 0.138 e. The summed E-state index contributed by atoms with van der Waals surface area (Å²) in [6, 6.07) is 0. The number of carbonyl (C=O) groups is 1. The van der Waals surface area contributed by atoms with Crippen LogP contribution in [0.25, 0.3) is 0 Å². The molecule has 0 bridgehead atoms. The van der Waals surface area contributed by atoms with Crippen molar-refractivity contribution < 1.29 is 9.90 Å². The summed E-state index contributed by atoms with van der Waals surface area (Å²) in [6.07, 6.45) is 8.33. The molecule has 0 saturated heterocycles. The molecule has 0 aromatic heterocycles. The average molecular weight is 220 g/mol. The van der Waals surface area contributed by atoms with E-state index in [9.17, 15) is 9.90 Å². The van der Waals surface area contributed by atoms with Crippen LogP contribution in [0.1, 0.15) is 26.2 Å². The van der Waals surface area contributed by atoms with Gasteiger partial charge in [0.2, 0.25) is 0 Å². The van der Waals surface area contributed by atoms with Crippen LogP contribution in [0, 0.1) is 11.3 Å². The number of aliphatic hydroxyl groups is 1. The summed E-state index contributed by atoms with van der Waals surface area (Å²) in [5.74, 6) is -0.175. The zero-order valence-corrected chi connectivity index (χ0v) is 9.86. The van der Waals surface area contributed by atoms with Crippen molar-refractivity contribution in [2.45, 2.75) is 32.3 Å². The summed E-state index contributed by atoms with van der Waals surface area (Å²) in [6.45, 7) is 9.46. The predicted octanol–water partition coefficient (Wildman–Crippen LogP) is 2.65. The summed E-state index contributed by atoms with van der Waals surface area (Å²) >= 11 is 0. The molecule has 1 aliphatic carbocycles. The van der Waals surface area contributed by atoms with Gasteiger partial charge in [-0.3, -0.25) is 4.79 Å². The minimum atomic E-state index is -0.683. The molecular formula is C14H20O2. The molecule has 88 valence electrons. The zero-order valence-electron chi connectivity index (χ0n) is 9.86. The number of hydrogen-bond donors (Lipinski definition) is 1. The van der Waals surface area contributed by atoms with E-state index >= 15 is 0 Å². The molecule has 0 amide bonds. The molecule has 2 heteroatoms. The number of ketones is 1. The molecule has 1 rings (SSSR count). The fourth-order valence-corrected chi connectivity index (χ4v) is 2.26. The monoisotopic (exact) mass is 220 g/mol. The first-order valence-electron chi connectivity index (χ1n) is 5.69.